The normalized spacial score (nSPS) is 20.0. The number of aldehydes is 1. The molecule has 22 heavy (non-hydrogen) atoms. The highest BCUT2D eigenvalue weighted by Gasteiger charge is 2.47. The molecule has 3 heteroatoms. The van der Waals surface area contributed by atoms with Gasteiger partial charge in [0.2, 0.25) is 0 Å². The van der Waals surface area contributed by atoms with Gasteiger partial charge >= 0.3 is 0 Å². The lowest BCUT2D eigenvalue weighted by atomic mass is 9.64. The number of carbonyl (C=O) groups excluding carboxylic acids is 1. The van der Waals surface area contributed by atoms with Gasteiger partial charge in [-0.15, -0.1) is 0 Å². The molecule has 0 atom stereocenters. The molecular weight excluding hydrogens is 290 g/mol. The first-order valence-electron chi connectivity index (χ1n) is 8.01. The van der Waals surface area contributed by atoms with Crippen LogP contribution < -0.4 is 0 Å². The molecule has 1 saturated carbocycles. The number of carbonyl (C=O) groups is 1. The van der Waals surface area contributed by atoms with Crippen molar-refractivity contribution in [2.45, 2.75) is 44.4 Å². The summed E-state index contributed by atoms with van der Waals surface area (Å²) >= 11 is 1.80. The maximum atomic E-state index is 10.8. The summed E-state index contributed by atoms with van der Waals surface area (Å²) in [4.78, 5) is 12.0. The van der Waals surface area contributed by atoms with E-state index in [9.17, 15) is 4.79 Å². The first-order valence-corrected chi connectivity index (χ1v) is 8.78. The van der Waals surface area contributed by atoms with Crippen molar-refractivity contribution in [1.82, 2.24) is 4.31 Å². The molecule has 3 rings (SSSR count). The highest BCUT2D eigenvalue weighted by atomic mass is 32.2. The highest BCUT2D eigenvalue weighted by Crippen LogP contribution is 2.56. The van der Waals surface area contributed by atoms with E-state index < -0.39 is 0 Å². The Bertz CT molecular complexity index is 611. The van der Waals surface area contributed by atoms with E-state index in [1.807, 2.05) is 24.3 Å². The van der Waals surface area contributed by atoms with Crippen molar-refractivity contribution in [2.24, 2.45) is 5.41 Å². The summed E-state index contributed by atoms with van der Waals surface area (Å²) in [7, 11) is 0. The molecule has 0 unspecified atom stereocenters. The summed E-state index contributed by atoms with van der Waals surface area (Å²) in [6.07, 6.45) is 10.4. The Morgan fingerprint density at radius 1 is 1.27 bits per heavy atom. The van der Waals surface area contributed by atoms with E-state index in [2.05, 4.69) is 30.3 Å². The van der Waals surface area contributed by atoms with E-state index in [4.69, 9.17) is 0 Å². The molecule has 116 valence electrons. The van der Waals surface area contributed by atoms with Gasteiger partial charge in [-0.05, 0) is 62.8 Å². The minimum Gasteiger partial charge on any atom is -0.315 e. The predicted octanol–water partition coefficient (Wildman–Crippen LogP) is 5.23. The molecule has 2 nitrogen and oxygen atoms in total. The van der Waals surface area contributed by atoms with Crippen LogP contribution in [-0.2, 0) is 0 Å². The van der Waals surface area contributed by atoms with Crippen LogP contribution in [0.2, 0.25) is 0 Å². The molecule has 1 heterocycles. The van der Waals surface area contributed by atoms with E-state index >= 15 is 0 Å². The fourth-order valence-corrected chi connectivity index (χ4v) is 4.59. The highest BCUT2D eigenvalue weighted by molar-refractivity contribution is 7.97. The molecule has 1 aliphatic carbocycles. The lowest BCUT2D eigenvalue weighted by Crippen LogP contribution is -2.34. The SMILES string of the molecule is C/C=C\CC1=C(C)N(Sc2ccc(C=O)cc2)CC12CCC2. The van der Waals surface area contributed by atoms with Gasteiger partial charge < -0.3 is 4.31 Å². The Balaban J connectivity index is 1.78. The van der Waals surface area contributed by atoms with E-state index in [1.54, 1.807) is 17.5 Å². The van der Waals surface area contributed by atoms with Crippen LogP contribution in [0.25, 0.3) is 0 Å². The molecule has 1 aromatic carbocycles. The van der Waals surface area contributed by atoms with Crippen LogP contribution >= 0.6 is 11.9 Å². The van der Waals surface area contributed by atoms with E-state index in [0.717, 1.165) is 24.8 Å². The third-order valence-electron chi connectivity index (χ3n) is 5.00. The zero-order chi connectivity index (χ0) is 15.6. The summed E-state index contributed by atoms with van der Waals surface area (Å²) in [6.45, 7) is 5.49. The second-order valence-electron chi connectivity index (χ2n) is 6.29. The number of rotatable bonds is 5. The van der Waals surface area contributed by atoms with Gasteiger partial charge in [0.05, 0.1) is 0 Å². The molecule has 0 N–H and O–H groups in total. The smallest absolute Gasteiger partial charge is 0.150 e. The Labute approximate surface area is 137 Å². The third-order valence-corrected chi connectivity index (χ3v) is 6.10. The summed E-state index contributed by atoms with van der Waals surface area (Å²) in [5, 5.41) is 0. The largest absolute Gasteiger partial charge is 0.315 e. The monoisotopic (exact) mass is 313 g/mol. The van der Waals surface area contributed by atoms with Crippen molar-refractivity contribution < 1.29 is 4.79 Å². The summed E-state index contributed by atoms with van der Waals surface area (Å²) < 4.78 is 2.45. The van der Waals surface area contributed by atoms with Crippen LogP contribution in [-0.4, -0.2) is 17.1 Å². The second kappa shape index (κ2) is 6.33. The molecule has 0 radical (unpaired) electrons. The van der Waals surface area contributed by atoms with Gasteiger partial charge in [0, 0.05) is 28.1 Å². The zero-order valence-electron chi connectivity index (χ0n) is 13.3. The summed E-state index contributed by atoms with van der Waals surface area (Å²) in [5.74, 6) is 0. The number of nitrogens with zero attached hydrogens (tertiary/aromatic N) is 1. The lowest BCUT2D eigenvalue weighted by Gasteiger charge is -2.41. The molecule has 2 aliphatic rings. The molecule has 1 fully saturated rings. The zero-order valence-corrected chi connectivity index (χ0v) is 14.2. The Morgan fingerprint density at radius 3 is 2.55 bits per heavy atom. The van der Waals surface area contributed by atoms with Crippen LogP contribution in [0.5, 0.6) is 0 Å². The van der Waals surface area contributed by atoms with Crippen molar-refractivity contribution >= 4 is 18.2 Å². The van der Waals surface area contributed by atoms with E-state index in [0.29, 0.717) is 5.41 Å². The van der Waals surface area contributed by atoms with Crippen molar-refractivity contribution in [1.29, 1.82) is 0 Å². The van der Waals surface area contributed by atoms with E-state index in [-0.39, 0.29) is 0 Å². The van der Waals surface area contributed by atoms with Crippen LogP contribution in [0.3, 0.4) is 0 Å². The third kappa shape index (κ3) is 2.74. The van der Waals surface area contributed by atoms with Gasteiger partial charge in [-0.2, -0.15) is 0 Å². The molecule has 0 amide bonds. The summed E-state index contributed by atoms with van der Waals surface area (Å²) in [5.41, 5.74) is 4.23. The topological polar surface area (TPSA) is 20.3 Å². The minimum absolute atomic E-state index is 0.430. The van der Waals surface area contributed by atoms with Crippen LogP contribution in [0.1, 0.15) is 49.9 Å². The van der Waals surface area contributed by atoms with Crippen molar-refractivity contribution in [3.05, 3.63) is 53.3 Å². The average Bonchev–Trinajstić information content (AvgIpc) is 2.79. The van der Waals surface area contributed by atoms with Gasteiger partial charge in [0.25, 0.3) is 0 Å². The summed E-state index contributed by atoms with van der Waals surface area (Å²) in [6, 6.07) is 7.87. The fourth-order valence-electron chi connectivity index (χ4n) is 3.52. The molecule has 1 aromatic rings. The van der Waals surface area contributed by atoms with Gasteiger partial charge in [-0.3, -0.25) is 4.79 Å². The maximum absolute atomic E-state index is 10.8. The van der Waals surface area contributed by atoms with E-state index in [1.165, 1.54) is 29.9 Å². The Hall–Kier alpha value is -1.48. The average molecular weight is 313 g/mol. The number of allylic oxidation sites excluding steroid dienone is 3. The minimum atomic E-state index is 0.430. The number of benzene rings is 1. The van der Waals surface area contributed by atoms with Crippen molar-refractivity contribution in [3.8, 4) is 0 Å². The molecular formula is C19H23NOS. The van der Waals surface area contributed by atoms with Crippen LogP contribution in [0.4, 0.5) is 0 Å². The Morgan fingerprint density at radius 2 is 2.00 bits per heavy atom. The molecule has 0 bridgehead atoms. The molecule has 0 aromatic heterocycles. The first kappa shape index (κ1) is 15.4. The quantitative estimate of drug-likeness (QED) is 0.421. The first-order chi connectivity index (χ1) is 10.7. The maximum Gasteiger partial charge on any atom is 0.150 e. The van der Waals surface area contributed by atoms with Crippen LogP contribution in [0.15, 0.2) is 52.6 Å². The molecule has 1 aliphatic heterocycles. The number of hydrogen-bond acceptors (Lipinski definition) is 3. The van der Waals surface area contributed by atoms with Crippen molar-refractivity contribution in [2.75, 3.05) is 6.54 Å². The molecule has 1 spiro atoms. The van der Waals surface area contributed by atoms with Crippen LogP contribution in [0, 0.1) is 5.41 Å². The number of hydrogen-bond donors (Lipinski definition) is 0. The molecule has 0 saturated heterocycles. The second-order valence-corrected chi connectivity index (χ2v) is 7.38. The Kier molecular flexibility index (Phi) is 4.44. The van der Waals surface area contributed by atoms with Crippen molar-refractivity contribution in [3.63, 3.8) is 0 Å². The lowest BCUT2D eigenvalue weighted by molar-refractivity contribution is 0.112. The standard InChI is InChI=1S/C19H23NOS/c1-3-4-6-18-15(2)20(14-19(18)11-5-12-19)22-17-9-7-16(13-21)8-10-17/h3-4,7-10,13H,5-6,11-12,14H2,1-2H3/b4-3-. The predicted molar refractivity (Wildman–Crippen MR) is 92.8 cm³/mol. The van der Waals surface area contributed by atoms with Gasteiger partial charge in [0.15, 0.2) is 0 Å². The van der Waals surface area contributed by atoms with Gasteiger partial charge in [0.1, 0.15) is 6.29 Å². The van der Waals surface area contributed by atoms with Gasteiger partial charge in [-0.1, -0.05) is 30.7 Å². The van der Waals surface area contributed by atoms with Gasteiger partial charge in [-0.25, -0.2) is 0 Å². The fraction of sp³-hybridized carbons (Fsp3) is 0.421.